The monoisotopic (exact) mass is 380 g/mol. The Bertz CT molecular complexity index is 944. The summed E-state index contributed by atoms with van der Waals surface area (Å²) >= 11 is 5.98. The number of carbonyl (C=O) groups is 1. The molecule has 25 heavy (non-hydrogen) atoms. The minimum absolute atomic E-state index is 0.0847. The highest BCUT2D eigenvalue weighted by Gasteiger charge is 2.25. The van der Waals surface area contributed by atoms with Crippen LogP contribution in [0.4, 0.5) is 5.69 Å². The summed E-state index contributed by atoms with van der Waals surface area (Å²) < 4.78 is 24.7. The SMILES string of the molecule is CS(=O)(=O)Nc1ccc(C(=O)NC2CCc3cc(Cl)ccc32)c(O)c1. The van der Waals surface area contributed by atoms with Crippen LogP contribution in [0.2, 0.25) is 5.02 Å². The summed E-state index contributed by atoms with van der Waals surface area (Å²) in [6.45, 7) is 0. The molecule has 0 saturated heterocycles. The first-order chi connectivity index (χ1) is 11.7. The van der Waals surface area contributed by atoms with E-state index in [1.54, 1.807) is 6.07 Å². The second-order valence-electron chi connectivity index (χ2n) is 6.01. The predicted molar refractivity (Wildman–Crippen MR) is 96.6 cm³/mol. The van der Waals surface area contributed by atoms with Crippen LogP contribution in [0.25, 0.3) is 0 Å². The molecule has 1 aliphatic rings. The summed E-state index contributed by atoms with van der Waals surface area (Å²) in [5.41, 5.74) is 2.40. The van der Waals surface area contributed by atoms with E-state index < -0.39 is 15.9 Å². The van der Waals surface area contributed by atoms with E-state index in [1.807, 2.05) is 12.1 Å². The van der Waals surface area contributed by atoms with E-state index >= 15 is 0 Å². The molecule has 0 spiro atoms. The van der Waals surface area contributed by atoms with Gasteiger partial charge in [0.15, 0.2) is 0 Å². The van der Waals surface area contributed by atoms with Crippen molar-refractivity contribution in [2.24, 2.45) is 0 Å². The molecule has 8 heteroatoms. The number of hydrogen-bond acceptors (Lipinski definition) is 4. The van der Waals surface area contributed by atoms with Crippen molar-refractivity contribution < 1.29 is 18.3 Å². The highest BCUT2D eigenvalue weighted by atomic mass is 35.5. The standard InChI is InChI=1S/C17H17ClN2O4S/c1-25(23,24)20-12-4-6-14(16(21)9-12)17(22)19-15-7-2-10-8-11(18)3-5-13(10)15/h3-6,8-9,15,20-21H,2,7H2,1H3,(H,19,22). The average molecular weight is 381 g/mol. The number of phenols is 1. The molecule has 0 aliphatic heterocycles. The van der Waals surface area contributed by atoms with Gasteiger partial charge in [-0.3, -0.25) is 9.52 Å². The number of nitrogens with one attached hydrogen (secondary N) is 2. The molecule has 3 N–H and O–H groups in total. The number of fused-ring (bicyclic) bond motifs is 1. The van der Waals surface area contributed by atoms with Crippen molar-refractivity contribution >= 4 is 33.2 Å². The zero-order valence-corrected chi connectivity index (χ0v) is 15.0. The van der Waals surface area contributed by atoms with Gasteiger partial charge in [-0.25, -0.2) is 8.42 Å². The smallest absolute Gasteiger partial charge is 0.255 e. The number of aryl methyl sites for hydroxylation is 1. The summed E-state index contributed by atoms with van der Waals surface area (Å²) in [6.07, 6.45) is 2.59. The molecule has 132 valence electrons. The Morgan fingerprint density at radius 1 is 1.24 bits per heavy atom. The Kier molecular flexibility index (Phi) is 4.62. The number of anilines is 1. The van der Waals surface area contributed by atoms with Gasteiger partial charge in [-0.2, -0.15) is 0 Å². The molecule has 0 saturated carbocycles. The van der Waals surface area contributed by atoms with Crippen molar-refractivity contribution in [1.29, 1.82) is 0 Å². The van der Waals surface area contributed by atoms with Crippen LogP contribution >= 0.6 is 11.6 Å². The molecule has 2 aromatic rings. The van der Waals surface area contributed by atoms with Gasteiger partial charge in [-0.15, -0.1) is 0 Å². The lowest BCUT2D eigenvalue weighted by atomic mass is 10.1. The third-order valence-electron chi connectivity index (χ3n) is 4.03. The summed E-state index contributed by atoms with van der Waals surface area (Å²) in [5, 5.41) is 13.6. The van der Waals surface area contributed by atoms with Crippen LogP contribution in [-0.2, 0) is 16.4 Å². The largest absolute Gasteiger partial charge is 0.507 e. The average Bonchev–Trinajstić information content (AvgIpc) is 2.87. The molecule has 1 amide bonds. The van der Waals surface area contributed by atoms with Crippen molar-refractivity contribution in [3.63, 3.8) is 0 Å². The molecule has 6 nitrogen and oxygen atoms in total. The number of phenolic OH excluding ortho intramolecular Hbond substituents is 1. The lowest BCUT2D eigenvalue weighted by Gasteiger charge is -2.15. The zero-order chi connectivity index (χ0) is 18.2. The number of aromatic hydroxyl groups is 1. The molecular weight excluding hydrogens is 364 g/mol. The molecule has 0 radical (unpaired) electrons. The van der Waals surface area contributed by atoms with Gasteiger partial charge in [-0.1, -0.05) is 17.7 Å². The van der Waals surface area contributed by atoms with Crippen LogP contribution < -0.4 is 10.0 Å². The lowest BCUT2D eigenvalue weighted by molar-refractivity contribution is 0.0934. The van der Waals surface area contributed by atoms with E-state index in [1.165, 1.54) is 18.2 Å². The topological polar surface area (TPSA) is 95.5 Å². The number of benzene rings is 2. The van der Waals surface area contributed by atoms with E-state index in [0.717, 1.165) is 30.2 Å². The Balaban J connectivity index is 1.77. The molecule has 0 bridgehead atoms. The fourth-order valence-electron chi connectivity index (χ4n) is 2.97. The Morgan fingerprint density at radius 3 is 2.68 bits per heavy atom. The van der Waals surface area contributed by atoms with E-state index in [-0.39, 0.29) is 23.0 Å². The Hall–Kier alpha value is -2.25. The number of rotatable bonds is 4. The van der Waals surface area contributed by atoms with Crippen LogP contribution in [0.5, 0.6) is 5.75 Å². The number of hydrogen-bond donors (Lipinski definition) is 3. The fraction of sp³-hybridized carbons (Fsp3) is 0.235. The van der Waals surface area contributed by atoms with Gasteiger partial charge >= 0.3 is 0 Å². The highest BCUT2D eigenvalue weighted by Crippen LogP contribution is 2.33. The van der Waals surface area contributed by atoms with Gasteiger partial charge in [0, 0.05) is 11.1 Å². The highest BCUT2D eigenvalue weighted by molar-refractivity contribution is 7.92. The summed E-state index contributed by atoms with van der Waals surface area (Å²) in [6, 6.07) is 9.45. The number of sulfonamides is 1. The van der Waals surface area contributed by atoms with Crippen molar-refractivity contribution in [3.05, 3.63) is 58.1 Å². The van der Waals surface area contributed by atoms with Gasteiger partial charge < -0.3 is 10.4 Å². The molecule has 1 aliphatic carbocycles. The molecular formula is C17H17ClN2O4S. The maximum Gasteiger partial charge on any atom is 0.255 e. The molecule has 1 atom stereocenters. The van der Waals surface area contributed by atoms with E-state index in [0.29, 0.717) is 5.02 Å². The fourth-order valence-corrected chi connectivity index (χ4v) is 3.72. The molecule has 3 rings (SSSR count). The summed E-state index contributed by atoms with van der Waals surface area (Å²) in [4.78, 5) is 12.5. The van der Waals surface area contributed by atoms with Crippen LogP contribution in [-0.4, -0.2) is 25.7 Å². The third-order valence-corrected chi connectivity index (χ3v) is 4.88. The van der Waals surface area contributed by atoms with Crippen LogP contribution in [0, 0.1) is 0 Å². The molecule has 1 unspecified atom stereocenters. The second kappa shape index (κ2) is 6.57. The van der Waals surface area contributed by atoms with Crippen LogP contribution in [0.15, 0.2) is 36.4 Å². The molecule has 2 aromatic carbocycles. The third kappa shape index (κ3) is 4.05. The van der Waals surface area contributed by atoms with Crippen LogP contribution in [0.3, 0.4) is 0 Å². The summed E-state index contributed by atoms with van der Waals surface area (Å²) in [5.74, 6) is -0.711. The zero-order valence-electron chi connectivity index (χ0n) is 13.4. The normalized spacial score (nSPS) is 16.3. The number of halogens is 1. The van der Waals surface area contributed by atoms with Gasteiger partial charge in [0.05, 0.1) is 23.5 Å². The van der Waals surface area contributed by atoms with Gasteiger partial charge in [-0.05, 0) is 48.2 Å². The Labute approximate surface area is 150 Å². The van der Waals surface area contributed by atoms with E-state index in [2.05, 4.69) is 10.0 Å². The van der Waals surface area contributed by atoms with Gasteiger partial charge in [0.25, 0.3) is 5.91 Å². The molecule has 0 aromatic heterocycles. The minimum Gasteiger partial charge on any atom is -0.507 e. The minimum atomic E-state index is -3.46. The van der Waals surface area contributed by atoms with Gasteiger partial charge in [0.1, 0.15) is 5.75 Å². The first-order valence-electron chi connectivity index (χ1n) is 7.63. The van der Waals surface area contributed by atoms with Crippen molar-refractivity contribution in [2.45, 2.75) is 18.9 Å². The van der Waals surface area contributed by atoms with Crippen molar-refractivity contribution in [1.82, 2.24) is 5.32 Å². The van der Waals surface area contributed by atoms with Gasteiger partial charge in [0.2, 0.25) is 10.0 Å². The lowest BCUT2D eigenvalue weighted by Crippen LogP contribution is -2.27. The molecule has 0 heterocycles. The maximum absolute atomic E-state index is 12.5. The van der Waals surface area contributed by atoms with E-state index in [4.69, 9.17) is 11.6 Å². The number of amides is 1. The first kappa shape index (κ1) is 17.6. The predicted octanol–water partition coefficient (Wildman–Crippen LogP) is 2.83. The van der Waals surface area contributed by atoms with E-state index in [9.17, 15) is 18.3 Å². The number of carbonyl (C=O) groups excluding carboxylic acids is 1. The summed E-state index contributed by atoms with van der Waals surface area (Å²) in [7, 11) is -3.46. The van der Waals surface area contributed by atoms with Crippen molar-refractivity contribution in [2.75, 3.05) is 11.0 Å². The Morgan fingerprint density at radius 2 is 2.00 bits per heavy atom. The quantitative estimate of drug-likeness (QED) is 0.760. The second-order valence-corrected chi connectivity index (χ2v) is 8.20. The van der Waals surface area contributed by atoms with Crippen LogP contribution in [0.1, 0.15) is 33.9 Å². The maximum atomic E-state index is 12.5. The first-order valence-corrected chi connectivity index (χ1v) is 9.90. The van der Waals surface area contributed by atoms with Crippen molar-refractivity contribution in [3.8, 4) is 5.75 Å². The molecule has 0 fully saturated rings.